The van der Waals surface area contributed by atoms with Crippen LogP contribution in [0.25, 0.3) is 10.6 Å². The van der Waals surface area contributed by atoms with Crippen molar-refractivity contribution in [1.82, 2.24) is 10.3 Å². The Balaban J connectivity index is 1.36. The minimum absolute atomic E-state index is 0.189. The third-order valence-electron chi connectivity index (χ3n) is 5.05. The molecule has 130 valence electrons. The van der Waals surface area contributed by atoms with Crippen molar-refractivity contribution in [3.63, 3.8) is 0 Å². The molecule has 2 atom stereocenters. The number of carbonyl (C=O) groups is 1. The zero-order chi connectivity index (χ0) is 17.7. The number of amides is 1. The van der Waals surface area contributed by atoms with E-state index in [2.05, 4.69) is 27.8 Å². The first-order chi connectivity index (χ1) is 12.7. The zero-order valence-electron chi connectivity index (χ0n) is 13.8. The van der Waals surface area contributed by atoms with Gasteiger partial charge >= 0.3 is 0 Å². The van der Waals surface area contributed by atoms with Gasteiger partial charge < -0.3 is 10.6 Å². The summed E-state index contributed by atoms with van der Waals surface area (Å²) in [5.41, 5.74) is 4.85. The molecule has 0 radical (unpaired) electrons. The number of anilines is 1. The molecular weight excluding hydrogens is 366 g/mol. The number of aromatic nitrogens is 1. The largest absolute Gasteiger partial charge is 0.321 e. The van der Waals surface area contributed by atoms with Gasteiger partial charge in [-0.1, -0.05) is 29.8 Å². The average Bonchev–Trinajstić information content (AvgIpc) is 3.38. The molecule has 3 aromatic rings. The Morgan fingerprint density at radius 1 is 1.15 bits per heavy atom. The molecule has 2 aliphatic rings. The van der Waals surface area contributed by atoms with Crippen LogP contribution in [0.2, 0.25) is 5.02 Å². The molecule has 0 aliphatic carbocycles. The average molecular weight is 382 g/mol. The lowest BCUT2D eigenvalue weighted by Crippen LogP contribution is -2.13. The number of fused-ring (bicyclic) bond motifs is 5. The highest BCUT2D eigenvalue weighted by Crippen LogP contribution is 2.45. The van der Waals surface area contributed by atoms with Gasteiger partial charge in [0, 0.05) is 33.7 Å². The van der Waals surface area contributed by atoms with Gasteiger partial charge in [0.25, 0.3) is 5.91 Å². The van der Waals surface area contributed by atoms with E-state index in [4.69, 9.17) is 11.6 Å². The van der Waals surface area contributed by atoms with Gasteiger partial charge in [0.2, 0.25) is 0 Å². The van der Waals surface area contributed by atoms with E-state index in [0.717, 1.165) is 16.3 Å². The Labute approximate surface area is 160 Å². The van der Waals surface area contributed by atoms with E-state index in [1.54, 1.807) is 5.38 Å². The molecule has 1 saturated heterocycles. The van der Waals surface area contributed by atoms with E-state index in [-0.39, 0.29) is 5.91 Å². The predicted molar refractivity (Wildman–Crippen MR) is 105 cm³/mol. The molecule has 1 amide bonds. The first-order valence-corrected chi connectivity index (χ1v) is 9.86. The van der Waals surface area contributed by atoms with Gasteiger partial charge in [0.15, 0.2) is 0 Å². The first kappa shape index (κ1) is 16.0. The maximum Gasteiger partial charge on any atom is 0.275 e. The van der Waals surface area contributed by atoms with Crippen LogP contribution in [-0.2, 0) is 0 Å². The summed E-state index contributed by atoms with van der Waals surface area (Å²) in [5, 5.41) is 9.79. The summed E-state index contributed by atoms with van der Waals surface area (Å²) < 4.78 is 0. The second-order valence-electron chi connectivity index (χ2n) is 6.70. The van der Waals surface area contributed by atoms with Crippen LogP contribution in [0.1, 0.15) is 46.5 Å². The normalized spacial score (nSPS) is 20.2. The summed E-state index contributed by atoms with van der Waals surface area (Å²) in [4.78, 5) is 17.0. The number of carbonyl (C=O) groups excluding carboxylic acids is 1. The van der Waals surface area contributed by atoms with E-state index < -0.39 is 0 Å². The molecule has 2 bridgehead atoms. The molecule has 0 saturated carbocycles. The summed E-state index contributed by atoms with van der Waals surface area (Å²) in [6.07, 6.45) is 2.37. The molecule has 2 N–H and O–H groups in total. The summed E-state index contributed by atoms with van der Waals surface area (Å²) in [6, 6.07) is 14.6. The van der Waals surface area contributed by atoms with E-state index in [1.807, 2.05) is 30.3 Å². The van der Waals surface area contributed by atoms with Crippen LogP contribution >= 0.6 is 22.9 Å². The van der Waals surface area contributed by atoms with Crippen LogP contribution in [0.4, 0.5) is 5.69 Å². The summed E-state index contributed by atoms with van der Waals surface area (Å²) in [5.74, 6) is -0.189. The predicted octanol–water partition coefficient (Wildman–Crippen LogP) is 5.20. The van der Waals surface area contributed by atoms with Gasteiger partial charge in [0.05, 0.1) is 0 Å². The number of nitrogens with zero attached hydrogens (tertiary/aromatic N) is 1. The Hall–Kier alpha value is -2.21. The van der Waals surface area contributed by atoms with E-state index in [1.165, 1.54) is 35.3 Å². The van der Waals surface area contributed by atoms with E-state index >= 15 is 0 Å². The van der Waals surface area contributed by atoms with Gasteiger partial charge in [0.1, 0.15) is 10.7 Å². The van der Waals surface area contributed by atoms with Gasteiger partial charge in [-0.3, -0.25) is 4.79 Å². The van der Waals surface area contributed by atoms with Gasteiger partial charge in [-0.05, 0) is 48.2 Å². The van der Waals surface area contributed by atoms with Crippen molar-refractivity contribution in [2.45, 2.75) is 24.9 Å². The monoisotopic (exact) mass is 381 g/mol. The number of benzene rings is 2. The van der Waals surface area contributed by atoms with E-state index in [0.29, 0.717) is 22.8 Å². The maximum atomic E-state index is 12.6. The van der Waals surface area contributed by atoms with Crippen molar-refractivity contribution < 1.29 is 4.79 Å². The molecule has 4 nitrogen and oxygen atoms in total. The molecular formula is C20H16ClN3OS. The molecule has 1 fully saturated rings. The van der Waals surface area contributed by atoms with Crippen LogP contribution in [-0.4, -0.2) is 10.9 Å². The second kappa shape index (κ2) is 6.20. The molecule has 6 heteroatoms. The smallest absolute Gasteiger partial charge is 0.275 e. The fraction of sp³-hybridized carbons (Fsp3) is 0.200. The SMILES string of the molecule is O=C(Nc1ccc2c(c1)C1CCC2N1)c1csc(-c2cccc(Cl)c2)n1. The van der Waals surface area contributed by atoms with E-state index in [9.17, 15) is 4.79 Å². The van der Waals surface area contributed by atoms with Crippen LogP contribution < -0.4 is 10.6 Å². The number of thiazole rings is 1. The third kappa shape index (κ3) is 2.72. The van der Waals surface area contributed by atoms with Crippen LogP contribution in [0.5, 0.6) is 0 Å². The number of rotatable bonds is 3. The second-order valence-corrected chi connectivity index (χ2v) is 7.99. The quantitative estimate of drug-likeness (QED) is 0.656. The van der Waals surface area contributed by atoms with Crippen molar-refractivity contribution in [2.75, 3.05) is 5.32 Å². The lowest BCUT2D eigenvalue weighted by Gasteiger charge is -2.14. The summed E-state index contributed by atoms with van der Waals surface area (Å²) >= 11 is 7.48. The fourth-order valence-electron chi connectivity index (χ4n) is 3.83. The highest BCUT2D eigenvalue weighted by atomic mass is 35.5. The number of nitrogens with one attached hydrogen (secondary N) is 2. The first-order valence-electron chi connectivity index (χ1n) is 8.60. The summed E-state index contributed by atoms with van der Waals surface area (Å²) in [7, 11) is 0. The lowest BCUT2D eigenvalue weighted by atomic mass is 9.91. The molecule has 2 aliphatic heterocycles. The third-order valence-corrected chi connectivity index (χ3v) is 6.18. The number of hydrogen-bond acceptors (Lipinski definition) is 4. The molecule has 3 heterocycles. The van der Waals surface area contributed by atoms with Crippen molar-refractivity contribution in [2.24, 2.45) is 0 Å². The highest BCUT2D eigenvalue weighted by molar-refractivity contribution is 7.13. The Morgan fingerprint density at radius 3 is 2.85 bits per heavy atom. The topological polar surface area (TPSA) is 54.0 Å². The highest BCUT2D eigenvalue weighted by Gasteiger charge is 2.36. The standard InChI is InChI=1S/C20H16ClN3OS/c21-12-3-1-2-11(8-12)20-24-18(10-26-20)19(25)22-13-4-5-14-15(9-13)17-7-6-16(14)23-17/h1-5,8-10,16-17,23H,6-7H2,(H,22,25). The molecule has 0 spiro atoms. The number of hydrogen-bond donors (Lipinski definition) is 2. The Bertz CT molecular complexity index is 1020. The van der Waals surface area contributed by atoms with Crippen LogP contribution in [0.15, 0.2) is 47.8 Å². The van der Waals surface area contributed by atoms with Gasteiger partial charge in [-0.2, -0.15) is 0 Å². The molecule has 2 unspecified atom stereocenters. The van der Waals surface area contributed by atoms with Gasteiger partial charge in [-0.15, -0.1) is 11.3 Å². The van der Waals surface area contributed by atoms with Crippen molar-refractivity contribution in [3.05, 3.63) is 69.7 Å². The lowest BCUT2D eigenvalue weighted by molar-refractivity contribution is 0.102. The Kier molecular flexibility index (Phi) is 3.81. The number of halogens is 1. The molecule has 2 aromatic carbocycles. The minimum Gasteiger partial charge on any atom is -0.321 e. The van der Waals surface area contributed by atoms with Crippen molar-refractivity contribution >= 4 is 34.5 Å². The molecule has 26 heavy (non-hydrogen) atoms. The van der Waals surface area contributed by atoms with Crippen molar-refractivity contribution in [1.29, 1.82) is 0 Å². The maximum absolute atomic E-state index is 12.6. The van der Waals surface area contributed by atoms with Crippen molar-refractivity contribution in [3.8, 4) is 10.6 Å². The van der Waals surface area contributed by atoms with Crippen LogP contribution in [0.3, 0.4) is 0 Å². The zero-order valence-corrected chi connectivity index (χ0v) is 15.4. The molecule has 1 aromatic heterocycles. The molecule has 5 rings (SSSR count). The summed E-state index contributed by atoms with van der Waals surface area (Å²) in [6.45, 7) is 0. The minimum atomic E-state index is -0.189. The Morgan fingerprint density at radius 2 is 2.00 bits per heavy atom. The van der Waals surface area contributed by atoms with Gasteiger partial charge in [-0.25, -0.2) is 4.98 Å². The van der Waals surface area contributed by atoms with Crippen LogP contribution in [0, 0.1) is 0 Å². The fourth-order valence-corrected chi connectivity index (χ4v) is 4.82.